The Kier molecular flexibility index (Phi) is 8.04. The van der Waals surface area contributed by atoms with Crippen molar-refractivity contribution in [1.82, 2.24) is 10.2 Å². The number of amides is 2. The maximum atomic E-state index is 12.8. The summed E-state index contributed by atoms with van der Waals surface area (Å²) in [7, 11) is 1.19. The largest absolute Gasteiger partial charge is 0.479 e. The van der Waals surface area contributed by atoms with Gasteiger partial charge in [0.05, 0.1) is 22.2 Å². The van der Waals surface area contributed by atoms with Crippen molar-refractivity contribution in [3.63, 3.8) is 0 Å². The molecule has 0 aromatic heterocycles. The van der Waals surface area contributed by atoms with Gasteiger partial charge in [0, 0.05) is 24.3 Å². The molecule has 0 spiro atoms. The van der Waals surface area contributed by atoms with Crippen LogP contribution in [0.3, 0.4) is 0 Å². The van der Waals surface area contributed by atoms with E-state index in [1.807, 2.05) is 0 Å². The maximum Gasteiger partial charge on any atom is 0.354 e. The molecule has 2 amide bonds. The number of hydrogen-bond donors (Lipinski definition) is 1. The minimum Gasteiger partial charge on any atom is -0.479 e. The number of β-lactam (4-membered cyclic amide) rings is 1. The summed E-state index contributed by atoms with van der Waals surface area (Å²) >= 11 is 19.3. The van der Waals surface area contributed by atoms with Crippen molar-refractivity contribution in [1.29, 1.82) is 0 Å². The Bertz CT molecular complexity index is 1050. The van der Waals surface area contributed by atoms with Gasteiger partial charge in [-0.25, -0.2) is 4.79 Å². The minimum atomic E-state index is -1.01. The molecule has 13 heteroatoms. The maximum absolute atomic E-state index is 12.8. The number of esters is 2. The third-order valence-electron chi connectivity index (χ3n) is 4.82. The lowest BCUT2D eigenvalue weighted by atomic mass is 10.0. The van der Waals surface area contributed by atoms with Crippen LogP contribution >= 0.6 is 46.6 Å². The summed E-state index contributed by atoms with van der Waals surface area (Å²) < 4.78 is 15.4. The number of benzene rings is 1. The molecule has 2 aliphatic rings. The highest BCUT2D eigenvalue weighted by Gasteiger charge is 2.54. The molecule has 0 aliphatic carbocycles. The number of thioether (sulfide) groups is 1. The Hall–Kier alpha value is -2.14. The molecular formula is C20H19Cl3N2O7S. The van der Waals surface area contributed by atoms with E-state index in [0.717, 1.165) is 0 Å². The van der Waals surface area contributed by atoms with Crippen molar-refractivity contribution in [2.75, 3.05) is 19.5 Å². The topological polar surface area (TPSA) is 111 Å². The van der Waals surface area contributed by atoms with E-state index in [2.05, 4.69) is 5.32 Å². The predicted octanol–water partition coefficient (Wildman–Crippen LogP) is 2.80. The summed E-state index contributed by atoms with van der Waals surface area (Å²) in [5.74, 6) is -1.84. The van der Waals surface area contributed by atoms with E-state index in [4.69, 9.17) is 49.0 Å². The molecule has 1 N–H and O–H groups in total. The van der Waals surface area contributed by atoms with Crippen molar-refractivity contribution < 1.29 is 33.4 Å². The SMILES string of the molecule is COC(=O)C1=C(COC(C)=O)CS[C@@H]2[C@H](NC(=O)C(C)Oc3cc(Cl)c(Cl)cc3Cl)C(=O)N12. The molecule has 0 bridgehead atoms. The second-order valence-electron chi connectivity index (χ2n) is 7.08. The molecule has 1 aromatic carbocycles. The van der Waals surface area contributed by atoms with Crippen molar-refractivity contribution in [2.24, 2.45) is 0 Å². The summed E-state index contributed by atoms with van der Waals surface area (Å²) in [4.78, 5) is 50.2. The fourth-order valence-corrected chi connectivity index (χ4v) is 5.09. The van der Waals surface area contributed by atoms with Gasteiger partial charge in [-0.1, -0.05) is 34.8 Å². The van der Waals surface area contributed by atoms with Crippen LogP contribution in [-0.2, 0) is 28.7 Å². The summed E-state index contributed by atoms with van der Waals surface area (Å²) in [6.45, 7) is 2.58. The second-order valence-corrected chi connectivity index (χ2v) is 9.40. The molecule has 9 nitrogen and oxygen atoms in total. The number of rotatable bonds is 7. The molecule has 0 saturated carbocycles. The van der Waals surface area contributed by atoms with Gasteiger partial charge < -0.3 is 19.5 Å². The first-order valence-electron chi connectivity index (χ1n) is 9.55. The Labute approximate surface area is 208 Å². The zero-order chi connectivity index (χ0) is 24.4. The molecular weight excluding hydrogens is 519 g/mol. The molecule has 1 saturated heterocycles. The van der Waals surface area contributed by atoms with E-state index in [9.17, 15) is 19.2 Å². The van der Waals surface area contributed by atoms with Crippen LogP contribution in [0.2, 0.25) is 15.1 Å². The molecule has 0 radical (unpaired) electrons. The van der Waals surface area contributed by atoms with Gasteiger partial charge in [-0.15, -0.1) is 11.8 Å². The first-order chi connectivity index (χ1) is 15.5. The predicted molar refractivity (Wildman–Crippen MR) is 122 cm³/mol. The molecule has 3 rings (SSSR count). The Morgan fingerprint density at radius 2 is 1.88 bits per heavy atom. The van der Waals surface area contributed by atoms with Crippen LogP contribution in [0.1, 0.15) is 13.8 Å². The molecule has 1 aromatic rings. The van der Waals surface area contributed by atoms with Crippen molar-refractivity contribution in [3.05, 3.63) is 38.5 Å². The highest BCUT2D eigenvalue weighted by Crippen LogP contribution is 2.41. The Morgan fingerprint density at radius 1 is 1.21 bits per heavy atom. The summed E-state index contributed by atoms with van der Waals surface area (Å²) in [6.07, 6.45) is -1.01. The fourth-order valence-electron chi connectivity index (χ4n) is 3.18. The number of ether oxygens (including phenoxy) is 3. The number of nitrogens with zero attached hydrogens (tertiary/aromatic N) is 1. The lowest BCUT2D eigenvalue weighted by Gasteiger charge is -2.49. The standard InChI is InChI=1S/C20H19Cl3N2O7S/c1-8(32-14-5-12(22)11(21)4-13(14)23)17(27)24-15-18(28)25-16(20(29)30-3)10(6-31-9(2)26)7-33-19(15)25/h4-5,8,15,19H,6-7H2,1-3H3,(H,24,27)/t8?,15-,19-/m1/s1. The number of methoxy groups -OCH3 is 1. The van der Waals surface area contributed by atoms with Crippen LogP contribution < -0.4 is 10.1 Å². The van der Waals surface area contributed by atoms with Gasteiger partial charge in [-0.2, -0.15) is 0 Å². The third-order valence-corrected chi connectivity index (χ3v) is 7.18. The Morgan fingerprint density at radius 3 is 2.52 bits per heavy atom. The third kappa shape index (κ3) is 5.34. The van der Waals surface area contributed by atoms with Crippen LogP contribution in [0.4, 0.5) is 0 Å². The zero-order valence-corrected chi connectivity index (χ0v) is 20.7. The van der Waals surface area contributed by atoms with Crippen molar-refractivity contribution in [2.45, 2.75) is 31.4 Å². The first-order valence-corrected chi connectivity index (χ1v) is 11.7. The van der Waals surface area contributed by atoms with Crippen LogP contribution in [0.5, 0.6) is 5.75 Å². The number of nitrogens with one attached hydrogen (secondary N) is 1. The highest BCUT2D eigenvalue weighted by molar-refractivity contribution is 8.00. The van der Waals surface area contributed by atoms with Gasteiger partial charge in [0.25, 0.3) is 11.8 Å². The molecule has 178 valence electrons. The van der Waals surface area contributed by atoms with E-state index in [-0.39, 0.29) is 33.1 Å². The monoisotopic (exact) mass is 536 g/mol. The second kappa shape index (κ2) is 10.4. The molecule has 3 atom stereocenters. The van der Waals surface area contributed by atoms with E-state index < -0.39 is 41.3 Å². The fraction of sp³-hybridized carbons (Fsp3) is 0.400. The molecule has 2 aliphatic heterocycles. The molecule has 33 heavy (non-hydrogen) atoms. The average Bonchev–Trinajstić information content (AvgIpc) is 2.77. The number of fused-ring (bicyclic) bond motifs is 1. The van der Waals surface area contributed by atoms with Crippen LogP contribution in [-0.4, -0.2) is 65.6 Å². The van der Waals surface area contributed by atoms with Gasteiger partial charge >= 0.3 is 11.9 Å². The quantitative estimate of drug-likeness (QED) is 0.321. The van der Waals surface area contributed by atoms with E-state index in [0.29, 0.717) is 11.3 Å². The summed E-state index contributed by atoms with van der Waals surface area (Å²) in [5, 5.41) is 2.72. The first kappa shape index (κ1) is 25.5. The lowest BCUT2D eigenvalue weighted by molar-refractivity contribution is -0.152. The van der Waals surface area contributed by atoms with Gasteiger partial charge in [0.2, 0.25) is 0 Å². The zero-order valence-electron chi connectivity index (χ0n) is 17.6. The van der Waals surface area contributed by atoms with Crippen LogP contribution in [0, 0.1) is 0 Å². The molecule has 2 heterocycles. The van der Waals surface area contributed by atoms with Gasteiger partial charge in [-0.3, -0.25) is 19.3 Å². The van der Waals surface area contributed by atoms with Crippen LogP contribution in [0.15, 0.2) is 23.4 Å². The van der Waals surface area contributed by atoms with Crippen molar-refractivity contribution in [3.8, 4) is 5.75 Å². The van der Waals surface area contributed by atoms with Crippen LogP contribution in [0.25, 0.3) is 0 Å². The van der Waals surface area contributed by atoms with Gasteiger partial charge in [0.1, 0.15) is 29.5 Å². The number of hydrogen-bond acceptors (Lipinski definition) is 8. The smallest absolute Gasteiger partial charge is 0.354 e. The minimum absolute atomic E-state index is 0.0184. The highest BCUT2D eigenvalue weighted by atomic mass is 35.5. The average molecular weight is 538 g/mol. The lowest BCUT2D eigenvalue weighted by Crippen LogP contribution is -2.71. The summed E-state index contributed by atoms with van der Waals surface area (Å²) in [6, 6.07) is 1.90. The summed E-state index contributed by atoms with van der Waals surface area (Å²) in [5.41, 5.74) is 0.465. The van der Waals surface area contributed by atoms with Gasteiger partial charge in [0.15, 0.2) is 6.10 Å². The van der Waals surface area contributed by atoms with Crippen molar-refractivity contribution >= 4 is 70.3 Å². The van der Waals surface area contributed by atoms with E-state index in [1.165, 1.54) is 49.8 Å². The number of halogens is 3. The van der Waals surface area contributed by atoms with E-state index in [1.54, 1.807) is 0 Å². The van der Waals surface area contributed by atoms with Gasteiger partial charge in [-0.05, 0) is 13.0 Å². The molecule has 1 fully saturated rings. The normalized spacial score (nSPS) is 20.4. The molecule has 1 unspecified atom stereocenters. The van der Waals surface area contributed by atoms with E-state index >= 15 is 0 Å². The number of carbonyl (C=O) groups is 4. The Balaban J connectivity index is 1.70. The number of carbonyl (C=O) groups excluding carboxylic acids is 4.